The predicted molar refractivity (Wildman–Crippen MR) is 123 cm³/mol. The second kappa shape index (κ2) is 10.0. The van der Waals surface area contributed by atoms with Crippen LogP contribution in [-0.2, 0) is 9.53 Å². The molecule has 0 spiro atoms. The zero-order valence-electron chi connectivity index (χ0n) is 19.0. The molecule has 4 atom stereocenters. The molecule has 1 aromatic carbocycles. The maximum absolute atomic E-state index is 12.2. The van der Waals surface area contributed by atoms with E-state index in [1.54, 1.807) is 14.0 Å². The smallest absolute Gasteiger partial charge is 0.252 e. The van der Waals surface area contributed by atoms with E-state index in [4.69, 9.17) is 9.47 Å². The normalized spacial score (nSPS) is 21.7. The summed E-state index contributed by atoms with van der Waals surface area (Å²) < 4.78 is 12.4. The average Bonchev–Trinajstić information content (AvgIpc) is 3.39. The first-order valence-electron chi connectivity index (χ1n) is 10.9. The Morgan fingerprint density at radius 3 is 2.59 bits per heavy atom. The summed E-state index contributed by atoms with van der Waals surface area (Å²) in [5.74, 6) is 6.89. The third kappa shape index (κ3) is 4.51. The third-order valence-corrected chi connectivity index (χ3v) is 5.30. The van der Waals surface area contributed by atoms with Gasteiger partial charge in [0.05, 0.1) is 13.4 Å². The summed E-state index contributed by atoms with van der Waals surface area (Å²) in [6.45, 7) is 4.63. The number of imidazole rings is 1. The number of hydrogen-bond donors (Lipinski definition) is 4. The molecule has 178 valence electrons. The standard InChI is InChI=1S/C23H26N6O5/c1-4-24-20-16-21(28-15(27-20)11-8-13-6-9-14(33-3)10-7-13)29(12-26-16)23-18(31)17(30)19(34-23)22(32)25-5-2/h6-7,9-10,12,17-19,23,30-31H,4-5H2,1-3H3,(H,25,32)(H,24,27,28)/t17-,18+,19-,23+/m0/s1. The molecule has 11 nitrogen and oxygen atoms in total. The minimum absolute atomic E-state index is 0.231. The zero-order valence-corrected chi connectivity index (χ0v) is 19.0. The summed E-state index contributed by atoms with van der Waals surface area (Å²) in [4.78, 5) is 25.6. The molecule has 0 aliphatic carbocycles. The van der Waals surface area contributed by atoms with Gasteiger partial charge in [-0.25, -0.2) is 15.0 Å². The van der Waals surface area contributed by atoms with Gasteiger partial charge in [-0.15, -0.1) is 0 Å². The Balaban J connectivity index is 1.71. The molecule has 11 heteroatoms. The van der Waals surface area contributed by atoms with E-state index in [2.05, 4.69) is 37.4 Å². The van der Waals surface area contributed by atoms with Gasteiger partial charge in [-0.2, -0.15) is 0 Å². The number of benzene rings is 1. The molecule has 0 bridgehead atoms. The van der Waals surface area contributed by atoms with E-state index in [0.717, 1.165) is 11.3 Å². The topological polar surface area (TPSA) is 144 Å². The number of amides is 1. The fourth-order valence-corrected chi connectivity index (χ4v) is 3.63. The van der Waals surface area contributed by atoms with Crippen LogP contribution in [0.15, 0.2) is 30.6 Å². The van der Waals surface area contributed by atoms with Crippen LogP contribution in [0, 0.1) is 11.8 Å². The van der Waals surface area contributed by atoms with Gasteiger partial charge < -0.3 is 30.3 Å². The Morgan fingerprint density at radius 2 is 1.91 bits per heavy atom. The van der Waals surface area contributed by atoms with Crippen LogP contribution < -0.4 is 15.4 Å². The number of methoxy groups -OCH3 is 1. The highest BCUT2D eigenvalue weighted by Gasteiger charge is 2.47. The number of nitrogens with zero attached hydrogens (tertiary/aromatic N) is 4. The number of nitrogens with one attached hydrogen (secondary N) is 2. The van der Waals surface area contributed by atoms with E-state index in [1.807, 2.05) is 31.2 Å². The van der Waals surface area contributed by atoms with Crippen molar-refractivity contribution in [3.8, 4) is 17.6 Å². The molecular weight excluding hydrogens is 440 g/mol. The number of aliphatic hydroxyl groups excluding tert-OH is 2. The van der Waals surface area contributed by atoms with Crippen molar-refractivity contribution in [1.82, 2.24) is 24.8 Å². The molecule has 1 amide bonds. The Morgan fingerprint density at radius 1 is 1.15 bits per heavy atom. The fraction of sp³-hybridized carbons (Fsp3) is 0.391. The second-order valence-corrected chi connectivity index (χ2v) is 7.55. The molecule has 3 aromatic rings. The zero-order chi connectivity index (χ0) is 24.2. The Hall–Kier alpha value is -3.72. The predicted octanol–water partition coefficient (Wildman–Crippen LogP) is 0.422. The lowest BCUT2D eigenvalue weighted by Crippen LogP contribution is -2.42. The van der Waals surface area contributed by atoms with Gasteiger partial charge >= 0.3 is 0 Å². The maximum Gasteiger partial charge on any atom is 0.252 e. The van der Waals surface area contributed by atoms with Crippen molar-refractivity contribution in [2.45, 2.75) is 38.4 Å². The van der Waals surface area contributed by atoms with Crippen LogP contribution in [0.25, 0.3) is 11.2 Å². The van der Waals surface area contributed by atoms with Crippen molar-refractivity contribution < 1.29 is 24.5 Å². The molecule has 1 saturated heterocycles. The first-order chi connectivity index (χ1) is 16.5. The van der Waals surface area contributed by atoms with E-state index < -0.39 is 30.4 Å². The number of aliphatic hydroxyl groups is 2. The van der Waals surface area contributed by atoms with Crippen molar-refractivity contribution in [2.75, 3.05) is 25.5 Å². The van der Waals surface area contributed by atoms with Crippen molar-refractivity contribution in [1.29, 1.82) is 0 Å². The van der Waals surface area contributed by atoms with Crippen molar-refractivity contribution >= 4 is 22.9 Å². The SMILES string of the molecule is CCNC(=O)[C@H]1O[C@@H](n2cnc3c(NCC)nc(C#Cc4ccc(OC)cc4)nc32)[C@H](O)[C@@H]1O. The molecule has 0 saturated carbocycles. The summed E-state index contributed by atoms with van der Waals surface area (Å²) in [6.07, 6.45) is -3.63. The van der Waals surface area contributed by atoms with Crippen LogP contribution in [0.2, 0.25) is 0 Å². The molecule has 4 N–H and O–H groups in total. The van der Waals surface area contributed by atoms with Gasteiger partial charge in [0, 0.05) is 18.7 Å². The summed E-state index contributed by atoms with van der Waals surface area (Å²) in [7, 11) is 1.59. The Kier molecular flexibility index (Phi) is 6.93. The van der Waals surface area contributed by atoms with E-state index >= 15 is 0 Å². The summed E-state index contributed by atoms with van der Waals surface area (Å²) in [6, 6.07) is 7.27. The second-order valence-electron chi connectivity index (χ2n) is 7.55. The quantitative estimate of drug-likeness (QED) is 0.380. The van der Waals surface area contributed by atoms with E-state index in [0.29, 0.717) is 30.1 Å². The molecule has 4 rings (SSSR count). The minimum Gasteiger partial charge on any atom is -0.497 e. The van der Waals surface area contributed by atoms with Crippen LogP contribution in [-0.4, -0.2) is 74.2 Å². The minimum atomic E-state index is -1.40. The van der Waals surface area contributed by atoms with Crippen LogP contribution in [0.4, 0.5) is 5.82 Å². The van der Waals surface area contributed by atoms with Gasteiger partial charge in [-0.05, 0) is 44.0 Å². The van der Waals surface area contributed by atoms with Gasteiger partial charge in [-0.3, -0.25) is 9.36 Å². The molecule has 1 aliphatic heterocycles. The van der Waals surface area contributed by atoms with E-state index in [9.17, 15) is 15.0 Å². The van der Waals surface area contributed by atoms with Gasteiger partial charge in [0.1, 0.15) is 18.0 Å². The summed E-state index contributed by atoms with van der Waals surface area (Å²) >= 11 is 0. The van der Waals surface area contributed by atoms with Crippen molar-refractivity contribution in [3.63, 3.8) is 0 Å². The third-order valence-electron chi connectivity index (χ3n) is 5.30. The first kappa shape index (κ1) is 23.4. The van der Waals surface area contributed by atoms with Gasteiger partial charge in [0.15, 0.2) is 29.3 Å². The summed E-state index contributed by atoms with van der Waals surface area (Å²) in [5, 5.41) is 26.7. The highest BCUT2D eigenvalue weighted by atomic mass is 16.6. The molecule has 0 unspecified atom stereocenters. The van der Waals surface area contributed by atoms with E-state index in [-0.39, 0.29) is 5.82 Å². The molecule has 2 aromatic heterocycles. The van der Waals surface area contributed by atoms with Crippen molar-refractivity contribution in [2.24, 2.45) is 0 Å². The number of carbonyl (C=O) groups excluding carboxylic acids is 1. The van der Waals surface area contributed by atoms with Crippen LogP contribution >= 0.6 is 0 Å². The molecule has 1 aliphatic rings. The van der Waals surface area contributed by atoms with Gasteiger partial charge in [-0.1, -0.05) is 5.92 Å². The van der Waals surface area contributed by atoms with Gasteiger partial charge in [0.25, 0.3) is 5.91 Å². The fourth-order valence-electron chi connectivity index (χ4n) is 3.63. The van der Waals surface area contributed by atoms with Crippen LogP contribution in [0.1, 0.15) is 31.5 Å². The molecule has 0 radical (unpaired) electrons. The number of aromatic nitrogens is 4. The Bertz CT molecular complexity index is 1230. The number of carbonyl (C=O) groups is 1. The van der Waals surface area contributed by atoms with E-state index in [1.165, 1.54) is 10.9 Å². The first-order valence-corrected chi connectivity index (χ1v) is 10.9. The number of ether oxygens (including phenoxy) is 2. The highest BCUT2D eigenvalue weighted by Crippen LogP contribution is 2.32. The monoisotopic (exact) mass is 466 g/mol. The molecular formula is C23H26N6O5. The number of hydrogen-bond acceptors (Lipinski definition) is 9. The maximum atomic E-state index is 12.2. The molecule has 34 heavy (non-hydrogen) atoms. The molecule has 1 fully saturated rings. The average molecular weight is 466 g/mol. The number of rotatable bonds is 6. The number of fused-ring (bicyclic) bond motifs is 1. The van der Waals surface area contributed by atoms with Crippen LogP contribution in [0.3, 0.4) is 0 Å². The van der Waals surface area contributed by atoms with Gasteiger partial charge in [0.2, 0.25) is 5.82 Å². The largest absolute Gasteiger partial charge is 0.497 e. The highest BCUT2D eigenvalue weighted by molar-refractivity contribution is 5.84. The van der Waals surface area contributed by atoms with Crippen molar-refractivity contribution in [3.05, 3.63) is 42.0 Å². The number of likely N-dealkylation sites (N-methyl/N-ethyl adjacent to an activating group) is 1. The lowest BCUT2D eigenvalue weighted by Gasteiger charge is -2.16. The lowest BCUT2D eigenvalue weighted by molar-refractivity contribution is -0.137. The lowest BCUT2D eigenvalue weighted by atomic mass is 10.1. The summed E-state index contributed by atoms with van der Waals surface area (Å²) in [5.41, 5.74) is 1.55. The number of anilines is 1. The van der Waals surface area contributed by atoms with Crippen LogP contribution in [0.5, 0.6) is 5.75 Å². The Labute approximate surface area is 196 Å². The molecule has 3 heterocycles.